The molecular formula is C23H30ClN3O3. The third-order valence-electron chi connectivity index (χ3n) is 5.45. The number of nitrogens with zero attached hydrogens (tertiary/aromatic N) is 1. The maximum atomic E-state index is 13.1. The van der Waals surface area contributed by atoms with Gasteiger partial charge in [-0.25, -0.2) is 0 Å². The average molecular weight is 432 g/mol. The Labute approximate surface area is 184 Å². The number of carbonyl (C=O) groups excluding carboxylic acids is 2. The number of carbonyl (C=O) groups is 2. The van der Waals surface area contributed by atoms with Crippen molar-refractivity contribution in [2.75, 3.05) is 18.6 Å². The first-order chi connectivity index (χ1) is 13.9. The Balaban J connectivity index is 0.00000320. The number of methoxy groups -OCH3 is 1. The SMILES string of the molecule is COc1ccc(C2C(C(=O)N[C@@H](C)CN)CCC(=O)N2c2ccc(C)cc2)cc1.Cl. The zero-order chi connectivity index (χ0) is 21.0. The number of hydrogen-bond acceptors (Lipinski definition) is 4. The van der Waals surface area contributed by atoms with E-state index in [1.807, 2.05) is 62.4 Å². The highest BCUT2D eigenvalue weighted by Gasteiger charge is 2.41. The van der Waals surface area contributed by atoms with Gasteiger partial charge in [0.15, 0.2) is 0 Å². The van der Waals surface area contributed by atoms with Gasteiger partial charge in [0.2, 0.25) is 11.8 Å². The van der Waals surface area contributed by atoms with Crippen LogP contribution in [0.15, 0.2) is 48.5 Å². The van der Waals surface area contributed by atoms with Crippen molar-refractivity contribution in [3.8, 4) is 5.75 Å². The Morgan fingerprint density at radius 2 is 1.83 bits per heavy atom. The van der Waals surface area contributed by atoms with Gasteiger partial charge in [0.1, 0.15) is 5.75 Å². The van der Waals surface area contributed by atoms with Crippen LogP contribution in [0.5, 0.6) is 5.75 Å². The second kappa shape index (κ2) is 10.5. The maximum Gasteiger partial charge on any atom is 0.227 e. The van der Waals surface area contributed by atoms with Crippen molar-refractivity contribution in [3.63, 3.8) is 0 Å². The Morgan fingerprint density at radius 1 is 1.20 bits per heavy atom. The minimum Gasteiger partial charge on any atom is -0.497 e. The molecule has 1 aliphatic heterocycles. The molecule has 3 N–H and O–H groups in total. The van der Waals surface area contributed by atoms with Crippen molar-refractivity contribution in [1.82, 2.24) is 5.32 Å². The highest BCUT2D eigenvalue weighted by molar-refractivity contribution is 5.97. The van der Waals surface area contributed by atoms with Crippen LogP contribution in [-0.2, 0) is 9.59 Å². The smallest absolute Gasteiger partial charge is 0.227 e. The molecule has 1 saturated heterocycles. The largest absolute Gasteiger partial charge is 0.497 e. The number of aryl methyl sites for hydroxylation is 1. The molecule has 1 heterocycles. The van der Waals surface area contributed by atoms with E-state index in [9.17, 15) is 9.59 Å². The summed E-state index contributed by atoms with van der Waals surface area (Å²) in [5, 5.41) is 2.99. The molecule has 0 saturated carbocycles. The Kier molecular flexibility index (Phi) is 8.26. The summed E-state index contributed by atoms with van der Waals surface area (Å²) in [6, 6.07) is 14.9. The van der Waals surface area contributed by atoms with Crippen molar-refractivity contribution in [3.05, 3.63) is 59.7 Å². The molecule has 162 valence electrons. The zero-order valence-electron chi connectivity index (χ0n) is 17.6. The summed E-state index contributed by atoms with van der Waals surface area (Å²) < 4.78 is 5.27. The lowest BCUT2D eigenvalue weighted by atomic mass is 9.83. The number of nitrogens with two attached hydrogens (primary N) is 1. The first kappa shape index (κ1) is 23.7. The van der Waals surface area contributed by atoms with Crippen LogP contribution in [0.4, 0.5) is 5.69 Å². The third-order valence-corrected chi connectivity index (χ3v) is 5.45. The van der Waals surface area contributed by atoms with Gasteiger partial charge in [-0.1, -0.05) is 29.8 Å². The van der Waals surface area contributed by atoms with E-state index in [2.05, 4.69) is 5.32 Å². The number of halogens is 1. The van der Waals surface area contributed by atoms with Crippen LogP contribution in [-0.4, -0.2) is 31.5 Å². The number of rotatable bonds is 6. The van der Waals surface area contributed by atoms with Gasteiger partial charge in [-0.05, 0) is 50.1 Å². The number of amides is 2. The van der Waals surface area contributed by atoms with Crippen LogP contribution in [0.3, 0.4) is 0 Å². The molecule has 7 heteroatoms. The molecule has 2 aromatic carbocycles. The minimum atomic E-state index is -0.394. The fraction of sp³-hybridized carbons (Fsp3) is 0.391. The normalized spacial score (nSPS) is 19.6. The summed E-state index contributed by atoms with van der Waals surface area (Å²) in [4.78, 5) is 27.8. The van der Waals surface area contributed by atoms with Crippen molar-refractivity contribution in [1.29, 1.82) is 0 Å². The third kappa shape index (κ3) is 5.12. The van der Waals surface area contributed by atoms with Crippen LogP contribution >= 0.6 is 12.4 Å². The monoisotopic (exact) mass is 431 g/mol. The molecule has 1 fully saturated rings. The van der Waals surface area contributed by atoms with E-state index >= 15 is 0 Å². The van der Waals surface area contributed by atoms with Crippen molar-refractivity contribution in [2.24, 2.45) is 11.7 Å². The number of hydrogen-bond donors (Lipinski definition) is 2. The Hall–Kier alpha value is -2.57. The van der Waals surface area contributed by atoms with Crippen LogP contribution in [0.1, 0.15) is 36.9 Å². The van der Waals surface area contributed by atoms with Gasteiger partial charge < -0.3 is 20.7 Å². The van der Waals surface area contributed by atoms with Gasteiger partial charge in [-0.3, -0.25) is 9.59 Å². The van der Waals surface area contributed by atoms with Crippen molar-refractivity contribution in [2.45, 2.75) is 38.8 Å². The second-order valence-corrected chi connectivity index (χ2v) is 7.61. The molecule has 2 aromatic rings. The number of nitrogens with one attached hydrogen (secondary N) is 1. The van der Waals surface area contributed by atoms with E-state index in [-0.39, 0.29) is 36.2 Å². The Bertz CT molecular complexity index is 855. The van der Waals surface area contributed by atoms with Gasteiger partial charge >= 0.3 is 0 Å². The lowest BCUT2D eigenvalue weighted by Gasteiger charge is -2.41. The highest BCUT2D eigenvalue weighted by Crippen LogP contribution is 2.40. The van der Waals surface area contributed by atoms with Gasteiger partial charge in [0.25, 0.3) is 0 Å². The molecule has 2 unspecified atom stereocenters. The van der Waals surface area contributed by atoms with E-state index in [1.165, 1.54) is 0 Å². The minimum absolute atomic E-state index is 0. The number of anilines is 1. The summed E-state index contributed by atoms with van der Waals surface area (Å²) in [6.45, 7) is 4.26. The lowest BCUT2D eigenvalue weighted by molar-refractivity contribution is -0.129. The molecule has 0 radical (unpaired) electrons. The van der Waals surface area contributed by atoms with Crippen LogP contribution in [0, 0.1) is 12.8 Å². The van der Waals surface area contributed by atoms with E-state index < -0.39 is 6.04 Å². The van der Waals surface area contributed by atoms with Gasteiger partial charge in [0.05, 0.1) is 19.1 Å². The van der Waals surface area contributed by atoms with Gasteiger partial charge in [0, 0.05) is 24.7 Å². The summed E-state index contributed by atoms with van der Waals surface area (Å²) >= 11 is 0. The van der Waals surface area contributed by atoms with E-state index in [1.54, 1.807) is 12.0 Å². The summed E-state index contributed by atoms with van der Waals surface area (Å²) in [7, 11) is 1.61. The van der Waals surface area contributed by atoms with Crippen molar-refractivity contribution >= 4 is 29.9 Å². The first-order valence-corrected chi connectivity index (χ1v) is 9.97. The summed E-state index contributed by atoms with van der Waals surface area (Å²) in [5.41, 5.74) is 8.50. The molecule has 30 heavy (non-hydrogen) atoms. The van der Waals surface area contributed by atoms with E-state index in [0.29, 0.717) is 19.4 Å². The van der Waals surface area contributed by atoms with E-state index in [4.69, 9.17) is 10.5 Å². The van der Waals surface area contributed by atoms with Crippen LogP contribution < -0.4 is 20.7 Å². The molecule has 0 bridgehead atoms. The quantitative estimate of drug-likeness (QED) is 0.734. The first-order valence-electron chi connectivity index (χ1n) is 9.97. The van der Waals surface area contributed by atoms with Gasteiger partial charge in [-0.2, -0.15) is 0 Å². The van der Waals surface area contributed by atoms with Gasteiger partial charge in [-0.15, -0.1) is 12.4 Å². The lowest BCUT2D eigenvalue weighted by Crippen LogP contribution is -2.50. The summed E-state index contributed by atoms with van der Waals surface area (Å²) in [6.07, 6.45) is 0.830. The highest BCUT2D eigenvalue weighted by atomic mass is 35.5. The molecule has 2 amide bonds. The summed E-state index contributed by atoms with van der Waals surface area (Å²) in [5.74, 6) is 0.311. The molecule has 6 nitrogen and oxygen atoms in total. The zero-order valence-corrected chi connectivity index (χ0v) is 18.4. The maximum absolute atomic E-state index is 13.1. The molecule has 0 spiro atoms. The number of benzene rings is 2. The molecule has 1 aliphatic rings. The van der Waals surface area contributed by atoms with E-state index in [0.717, 1.165) is 22.6 Å². The molecule has 0 aromatic heterocycles. The standard InChI is InChI=1S/C23H29N3O3.ClH/c1-15-4-8-18(9-5-15)26-21(27)13-12-20(23(28)25-16(2)14-24)22(26)17-6-10-19(29-3)11-7-17;/h4-11,16,20,22H,12-14,24H2,1-3H3,(H,25,28);1H/t16-,20?,22?;/m0./s1. The number of ether oxygens (including phenoxy) is 1. The molecular weight excluding hydrogens is 402 g/mol. The fourth-order valence-corrected chi connectivity index (χ4v) is 3.77. The predicted molar refractivity (Wildman–Crippen MR) is 121 cm³/mol. The molecule has 3 atom stereocenters. The average Bonchev–Trinajstić information content (AvgIpc) is 2.74. The van der Waals surface area contributed by atoms with Crippen LogP contribution in [0.25, 0.3) is 0 Å². The fourth-order valence-electron chi connectivity index (χ4n) is 3.77. The topological polar surface area (TPSA) is 84.7 Å². The predicted octanol–water partition coefficient (Wildman–Crippen LogP) is 3.37. The molecule has 3 rings (SSSR count). The van der Waals surface area contributed by atoms with Crippen LogP contribution in [0.2, 0.25) is 0 Å². The Morgan fingerprint density at radius 3 is 2.40 bits per heavy atom. The second-order valence-electron chi connectivity index (χ2n) is 7.61. The van der Waals surface area contributed by atoms with Crippen molar-refractivity contribution < 1.29 is 14.3 Å². The molecule has 0 aliphatic carbocycles. The number of piperidine rings is 1.